The van der Waals surface area contributed by atoms with Gasteiger partial charge in [0.05, 0.1) is 10.8 Å². The summed E-state index contributed by atoms with van der Waals surface area (Å²) in [5.41, 5.74) is 3.87. The maximum atomic E-state index is 4.41. The molecule has 0 saturated heterocycles. The molecule has 1 nitrogen and oxygen atoms in total. The van der Waals surface area contributed by atoms with E-state index in [1.54, 1.807) is 5.57 Å². The predicted octanol–water partition coefficient (Wildman–Crippen LogP) is 3.13. The first kappa shape index (κ1) is 8.70. The minimum atomic E-state index is 0.313. The van der Waals surface area contributed by atoms with E-state index in [2.05, 4.69) is 31.2 Å². The molecule has 0 aliphatic carbocycles. The lowest BCUT2D eigenvalue weighted by Gasteiger charge is -2.24. The van der Waals surface area contributed by atoms with Gasteiger partial charge in [0.25, 0.3) is 0 Å². The Morgan fingerprint density at radius 1 is 1.33 bits per heavy atom. The van der Waals surface area contributed by atoms with Crippen LogP contribution in [0.5, 0.6) is 0 Å². The molecule has 0 radical (unpaired) electrons. The maximum Gasteiger partial charge on any atom is 0.116 e. The van der Waals surface area contributed by atoms with Crippen molar-refractivity contribution in [2.24, 2.45) is 10.4 Å². The van der Waals surface area contributed by atoms with E-state index in [-0.39, 0.29) is 0 Å². The zero-order valence-corrected chi connectivity index (χ0v) is 9.21. The summed E-state index contributed by atoms with van der Waals surface area (Å²) in [7, 11) is 0. The van der Waals surface area contributed by atoms with E-state index >= 15 is 0 Å². The van der Waals surface area contributed by atoms with Crippen molar-refractivity contribution in [2.75, 3.05) is 0 Å². The van der Waals surface area contributed by atoms with Crippen LogP contribution in [-0.4, -0.2) is 16.2 Å². The van der Waals surface area contributed by atoms with Gasteiger partial charge in [0.15, 0.2) is 0 Å². The molecule has 0 aromatic heterocycles. The van der Waals surface area contributed by atoms with Gasteiger partial charge in [-0.2, -0.15) is 0 Å². The first-order valence-corrected chi connectivity index (χ1v) is 6.01. The number of hydrogen-bond acceptors (Lipinski definition) is 3. The van der Waals surface area contributed by atoms with E-state index in [1.807, 2.05) is 29.1 Å². The van der Waals surface area contributed by atoms with E-state index in [0.29, 0.717) is 16.0 Å². The quantitative estimate of drug-likeness (QED) is 0.594. The third-order valence-electron chi connectivity index (χ3n) is 2.18. The number of fused-ring (bicyclic) bond motifs is 1. The van der Waals surface area contributed by atoms with E-state index in [0.717, 1.165) is 0 Å². The Kier molecular flexibility index (Phi) is 2.04. The largest absolute Gasteiger partial charge is 0.270 e. The molecule has 0 fully saturated rings. The van der Waals surface area contributed by atoms with Crippen molar-refractivity contribution < 1.29 is 0 Å². The van der Waals surface area contributed by atoms with Gasteiger partial charge in [0.1, 0.15) is 5.37 Å². The molecule has 2 unspecified atom stereocenters. The molecular weight excluding hydrogens is 186 g/mol. The van der Waals surface area contributed by atoms with Crippen LogP contribution in [0.2, 0.25) is 0 Å². The summed E-state index contributed by atoms with van der Waals surface area (Å²) in [4.78, 5) is 4.41. The molecule has 0 aromatic rings. The normalized spacial score (nSPS) is 33.8. The molecule has 2 rings (SSSR count). The van der Waals surface area contributed by atoms with Gasteiger partial charge in [0, 0.05) is 0 Å². The van der Waals surface area contributed by atoms with Crippen molar-refractivity contribution in [1.82, 2.24) is 0 Å². The Morgan fingerprint density at radius 3 is 2.75 bits per heavy atom. The molecule has 3 heteroatoms. The second-order valence-corrected chi connectivity index (χ2v) is 6.14. The van der Waals surface area contributed by atoms with Gasteiger partial charge >= 0.3 is 0 Å². The fourth-order valence-electron chi connectivity index (χ4n) is 1.45. The zero-order valence-electron chi connectivity index (χ0n) is 7.57. The highest BCUT2D eigenvalue weighted by atomic mass is 32.2. The van der Waals surface area contributed by atoms with Gasteiger partial charge in [-0.3, -0.25) is 4.99 Å². The summed E-state index contributed by atoms with van der Waals surface area (Å²) in [6, 6.07) is 0. The summed E-state index contributed by atoms with van der Waals surface area (Å²) < 4.78 is 0. The van der Waals surface area contributed by atoms with Crippen LogP contribution in [0.25, 0.3) is 0 Å². The summed E-state index contributed by atoms with van der Waals surface area (Å²) in [6.45, 7) is 6.84. The Morgan fingerprint density at radius 2 is 2.08 bits per heavy atom. The fraction of sp³-hybridized carbons (Fsp3) is 0.667. The smallest absolute Gasteiger partial charge is 0.116 e. The molecule has 2 aliphatic rings. The highest BCUT2D eigenvalue weighted by molar-refractivity contribution is 8.15. The Bertz CT molecular complexity index is 250. The number of aliphatic imine (C=N–C) groups is 1. The van der Waals surface area contributed by atoms with Gasteiger partial charge in [-0.25, -0.2) is 0 Å². The van der Waals surface area contributed by atoms with E-state index in [1.165, 1.54) is 0 Å². The van der Waals surface area contributed by atoms with Gasteiger partial charge < -0.3 is 0 Å². The number of rotatable bonds is 0. The maximum absolute atomic E-state index is 4.41. The monoisotopic (exact) mass is 199 g/mol. The molecule has 2 atom stereocenters. The molecule has 0 saturated carbocycles. The average molecular weight is 199 g/mol. The molecule has 2 heterocycles. The van der Waals surface area contributed by atoms with E-state index in [9.17, 15) is 0 Å². The summed E-state index contributed by atoms with van der Waals surface area (Å²) in [5, 5.41) is 3.40. The Balaban J connectivity index is 2.20. The van der Waals surface area contributed by atoms with Crippen molar-refractivity contribution in [3.05, 3.63) is 11.0 Å². The van der Waals surface area contributed by atoms with Gasteiger partial charge in [0.2, 0.25) is 0 Å². The Labute approximate surface area is 82.1 Å². The summed E-state index contributed by atoms with van der Waals surface area (Å²) >= 11 is 3.73. The molecule has 0 spiro atoms. The number of thioether (sulfide) groups is 2. The lowest BCUT2D eigenvalue weighted by molar-refractivity contribution is 0.490. The second-order valence-electron chi connectivity index (χ2n) is 4.16. The van der Waals surface area contributed by atoms with Crippen LogP contribution in [0.4, 0.5) is 0 Å². The lowest BCUT2D eigenvalue weighted by atomic mass is 9.85. The molecule has 12 heavy (non-hydrogen) atoms. The predicted molar refractivity (Wildman–Crippen MR) is 58.8 cm³/mol. The van der Waals surface area contributed by atoms with Gasteiger partial charge in [-0.05, 0) is 16.4 Å². The highest BCUT2D eigenvalue weighted by Crippen LogP contribution is 2.48. The zero-order chi connectivity index (χ0) is 8.77. The second kappa shape index (κ2) is 2.81. The van der Waals surface area contributed by atoms with Crippen LogP contribution in [0.3, 0.4) is 0 Å². The lowest BCUT2D eigenvalue weighted by Crippen LogP contribution is -2.20. The number of nitrogens with zero attached hydrogens (tertiary/aromatic N) is 1. The van der Waals surface area contributed by atoms with Crippen molar-refractivity contribution in [3.8, 4) is 0 Å². The highest BCUT2D eigenvalue weighted by Gasteiger charge is 2.38. The van der Waals surface area contributed by atoms with Crippen LogP contribution >= 0.6 is 23.5 Å². The third-order valence-corrected chi connectivity index (χ3v) is 4.46. The average Bonchev–Trinajstić information content (AvgIpc) is 2.37. The van der Waals surface area contributed by atoms with Gasteiger partial charge in [-0.1, -0.05) is 20.8 Å². The minimum absolute atomic E-state index is 0.313. The molecule has 2 aliphatic heterocycles. The molecular formula is C9H13NS2. The first-order valence-electron chi connectivity index (χ1n) is 4.12. The van der Waals surface area contributed by atoms with Crippen LogP contribution in [0.1, 0.15) is 20.8 Å². The Hall–Kier alpha value is 0.110. The van der Waals surface area contributed by atoms with Crippen LogP contribution in [0.15, 0.2) is 16.0 Å². The summed E-state index contributed by atoms with van der Waals surface area (Å²) in [5.74, 6) is 0. The van der Waals surface area contributed by atoms with Crippen molar-refractivity contribution >= 4 is 29.1 Å². The van der Waals surface area contributed by atoms with Crippen molar-refractivity contribution in [2.45, 2.75) is 31.4 Å². The van der Waals surface area contributed by atoms with Crippen LogP contribution < -0.4 is 0 Å². The van der Waals surface area contributed by atoms with Crippen molar-refractivity contribution in [1.29, 1.82) is 0 Å². The molecule has 0 N–H and O–H groups in total. The molecule has 66 valence electrons. The summed E-state index contributed by atoms with van der Waals surface area (Å²) in [6.07, 6.45) is 0. The van der Waals surface area contributed by atoms with E-state index in [4.69, 9.17) is 0 Å². The van der Waals surface area contributed by atoms with Crippen molar-refractivity contribution in [3.63, 3.8) is 0 Å². The molecule has 0 aromatic carbocycles. The topological polar surface area (TPSA) is 12.4 Å². The number of hydrogen-bond donors (Lipinski definition) is 0. The minimum Gasteiger partial charge on any atom is -0.270 e. The first-order chi connectivity index (χ1) is 5.59. The fourth-order valence-corrected chi connectivity index (χ4v) is 4.31. The van der Waals surface area contributed by atoms with E-state index < -0.39 is 0 Å². The molecule has 0 amide bonds. The SMILES string of the molecule is CC(C)(C)C1=CSC2N=CSC12. The third kappa shape index (κ3) is 1.33. The standard InChI is InChI=1S/C9H13NS2/c1-9(2,3)6-4-11-8-7(6)12-5-10-8/h4-5,7-8H,1-3H3. The van der Waals surface area contributed by atoms with Gasteiger partial charge in [-0.15, -0.1) is 23.5 Å². The van der Waals surface area contributed by atoms with Crippen LogP contribution in [-0.2, 0) is 0 Å². The van der Waals surface area contributed by atoms with Crippen LogP contribution in [0, 0.1) is 5.41 Å². The molecule has 0 bridgehead atoms.